The Kier molecular flexibility index (Phi) is 3.98. The molecule has 0 heterocycles. The molecule has 0 radical (unpaired) electrons. The summed E-state index contributed by atoms with van der Waals surface area (Å²) in [7, 11) is 1.78. The zero-order chi connectivity index (χ0) is 5.70. The van der Waals surface area contributed by atoms with Crippen molar-refractivity contribution in [3.8, 4) is 0 Å². The van der Waals surface area contributed by atoms with Crippen LogP contribution in [0.1, 0.15) is 6.92 Å². The van der Waals surface area contributed by atoms with Gasteiger partial charge in [-0.1, -0.05) is 6.92 Å². The van der Waals surface area contributed by atoms with Gasteiger partial charge in [0.25, 0.3) is 0 Å². The lowest BCUT2D eigenvalue weighted by molar-refractivity contribution is 0.0889. The number of aliphatic hydroxyl groups is 1. The summed E-state index contributed by atoms with van der Waals surface area (Å²) in [6, 6.07) is 0. The van der Waals surface area contributed by atoms with Gasteiger partial charge >= 0.3 is 0 Å². The molecule has 3 heteroatoms. The monoisotopic (exact) mass is 104 g/mol. The molecule has 0 rings (SSSR count). The molecular weight excluding hydrogens is 92.1 g/mol. The van der Waals surface area contributed by atoms with Gasteiger partial charge in [-0.15, -0.1) is 0 Å². The van der Waals surface area contributed by atoms with Crippen molar-refractivity contribution in [2.45, 2.75) is 6.92 Å². The average molecular weight is 104 g/mol. The lowest BCUT2D eigenvalue weighted by Crippen LogP contribution is -2.34. The second kappa shape index (κ2) is 4.05. The predicted molar refractivity (Wildman–Crippen MR) is 28.5 cm³/mol. The van der Waals surface area contributed by atoms with Crippen molar-refractivity contribution in [1.82, 2.24) is 10.4 Å². The van der Waals surface area contributed by atoms with Gasteiger partial charge in [-0.25, -0.2) is 5.01 Å². The van der Waals surface area contributed by atoms with E-state index in [1.807, 2.05) is 6.92 Å². The van der Waals surface area contributed by atoms with Gasteiger partial charge in [0.05, 0.1) is 0 Å². The minimum absolute atomic E-state index is 0.0633. The zero-order valence-corrected chi connectivity index (χ0v) is 4.81. The molecule has 0 aliphatic carbocycles. The maximum absolute atomic E-state index is 8.33. The summed E-state index contributed by atoms with van der Waals surface area (Å²) >= 11 is 0. The summed E-state index contributed by atoms with van der Waals surface area (Å²) < 4.78 is 0. The van der Waals surface area contributed by atoms with Crippen LogP contribution in [0.2, 0.25) is 0 Å². The molecule has 2 N–H and O–H groups in total. The minimum atomic E-state index is 0.0633. The van der Waals surface area contributed by atoms with E-state index in [-0.39, 0.29) is 6.73 Å². The average Bonchev–Trinajstić information content (AvgIpc) is 1.68. The first-order valence-corrected chi connectivity index (χ1v) is 2.36. The highest BCUT2D eigenvalue weighted by atomic mass is 16.3. The SMILES string of the molecule is CCNN(C)CO. The first-order chi connectivity index (χ1) is 3.31. The lowest BCUT2D eigenvalue weighted by atomic mass is 10.8. The number of hydrazine groups is 1. The number of nitrogens with one attached hydrogen (secondary N) is 1. The molecule has 0 atom stereocenters. The second-order valence-corrected chi connectivity index (χ2v) is 1.35. The molecule has 0 bridgehead atoms. The van der Waals surface area contributed by atoms with Gasteiger partial charge in [0, 0.05) is 13.6 Å². The molecule has 44 valence electrons. The van der Waals surface area contributed by atoms with Gasteiger partial charge < -0.3 is 5.11 Å². The highest BCUT2D eigenvalue weighted by molar-refractivity contribution is 4.27. The maximum Gasteiger partial charge on any atom is 0.108 e. The van der Waals surface area contributed by atoms with Gasteiger partial charge in [-0.3, -0.25) is 5.43 Å². The number of rotatable bonds is 3. The van der Waals surface area contributed by atoms with Crippen LogP contribution >= 0.6 is 0 Å². The molecule has 0 amide bonds. The Morgan fingerprint density at radius 2 is 2.29 bits per heavy atom. The summed E-state index contributed by atoms with van der Waals surface area (Å²) in [5, 5.41) is 9.94. The third kappa shape index (κ3) is 3.72. The van der Waals surface area contributed by atoms with Crippen LogP contribution in [0.4, 0.5) is 0 Å². The number of hydrogen-bond acceptors (Lipinski definition) is 3. The van der Waals surface area contributed by atoms with Crippen LogP contribution in [0.25, 0.3) is 0 Å². The van der Waals surface area contributed by atoms with Crippen molar-refractivity contribution in [3.63, 3.8) is 0 Å². The molecule has 0 spiro atoms. The smallest absolute Gasteiger partial charge is 0.108 e. The Labute approximate surface area is 43.9 Å². The summed E-state index contributed by atoms with van der Waals surface area (Å²) in [4.78, 5) is 0. The van der Waals surface area contributed by atoms with E-state index < -0.39 is 0 Å². The Hall–Kier alpha value is -0.120. The topological polar surface area (TPSA) is 35.5 Å². The first kappa shape index (κ1) is 6.88. The van der Waals surface area contributed by atoms with E-state index in [2.05, 4.69) is 5.43 Å². The summed E-state index contributed by atoms with van der Waals surface area (Å²) in [5.74, 6) is 0. The Morgan fingerprint density at radius 3 is 2.43 bits per heavy atom. The van der Waals surface area contributed by atoms with Gasteiger partial charge in [0.15, 0.2) is 0 Å². The van der Waals surface area contributed by atoms with Gasteiger partial charge in [0.1, 0.15) is 6.73 Å². The van der Waals surface area contributed by atoms with Crippen molar-refractivity contribution >= 4 is 0 Å². The molecule has 0 saturated heterocycles. The lowest BCUT2D eigenvalue weighted by Gasteiger charge is -2.11. The molecule has 0 saturated carbocycles. The number of nitrogens with zero attached hydrogens (tertiary/aromatic N) is 1. The first-order valence-electron chi connectivity index (χ1n) is 2.36. The van der Waals surface area contributed by atoms with E-state index >= 15 is 0 Å². The molecule has 0 aliphatic heterocycles. The largest absolute Gasteiger partial charge is 0.380 e. The number of hydrogen-bond donors (Lipinski definition) is 2. The van der Waals surface area contributed by atoms with Gasteiger partial charge in [-0.2, -0.15) is 0 Å². The molecule has 0 aromatic heterocycles. The zero-order valence-electron chi connectivity index (χ0n) is 4.81. The Morgan fingerprint density at radius 1 is 1.71 bits per heavy atom. The van der Waals surface area contributed by atoms with Crippen molar-refractivity contribution in [2.75, 3.05) is 20.3 Å². The standard InChI is InChI=1S/C4H12N2O/c1-3-5-6(2)4-7/h5,7H,3-4H2,1-2H3. The van der Waals surface area contributed by atoms with Crippen molar-refractivity contribution < 1.29 is 5.11 Å². The van der Waals surface area contributed by atoms with Gasteiger partial charge in [0.2, 0.25) is 0 Å². The van der Waals surface area contributed by atoms with E-state index in [1.54, 1.807) is 12.1 Å². The normalized spacial score (nSPS) is 10.3. The van der Waals surface area contributed by atoms with Crippen LogP contribution in [0, 0.1) is 0 Å². The third-order valence-electron chi connectivity index (χ3n) is 0.640. The molecule has 0 aromatic carbocycles. The molecule has 7 heavy (non-hydrogen) atoms. The fourth-order valence-corrected chi connectivity index (χ4v) is 0.320. The maximum atomic E-state index is 8.33. The second-order valence-electron chi connectivity index (χ2n) is 1.35. The highest BCUT2D eigenvalue weighted by Gasteiger charge is 1.85. The van der Waals surface area contributed by atoms with E-state index in [9.17, 15) is 0 Å². The van der Waals surface area contributed by atoms with Crippen molar-refractivity contribution in [3.05, 3.63) is 0 Å². The fraction of sp³-hybridized carbons (Fsp3) is 1.00. The molecule has 0 fully saturated rings. The van der Waals surface area contributed by atoms with Crippen LogP contribution in [0.15, 0.2) is 0 Å². The van der Waals surface area contributed by atoms with Crippen molar-refractivity contribution in [1.29, 1.82) is 0 Å². The predicted octanol–water partition coefficient (Wildman–Crippen LogP) is -0.607. The molecule has 3 nitrogen and oxygen atoms in total. The van der Waals surface area contributed by atoms with Gasteiger partial charge in [-0.05, 0) is 0 Å². The summed E-state index contributed by atoms with van der Waals surface area (Å²) in [5.41, 5.74) is 2.88. The molecule has 0 unspecified atom stereocenters. The van der Waals surface area contributed by atoms with Crippen LogP contribution < -0.4 is 5.43 Å². The number of aliphatic hydroxyl groups excluding tert-OH is 1. The van der Waals surface area contributed by atoms with E-state index in [4.69, 9.17) is 5.11 Å². The summed E-state index contributed by atoms with van der Waals surface area (Å²) in [6.07, 6.45) is 0. The molecular formula is C4H12N2O. The molecule has 0 aliphatic rings. The highest BCUT2D eigenvalue weighted by Crippen LogP contribution is 1.65. The fourth-order valence-electron chi connectivity index (χ4n) is 0.320. The van der Waals surface area contributed by atoms with E-state index in [0.717, 1.165) is 6.54 Å². The van der Waals surface area contributed by atoms with Crippen LogP contribution in [0.5, 0.6) is 0 Å². The Balaban J connectivity index is 2.83. The summed E-state index contributed by atoms with van der Waals surface area (Å²) in [6.45, 7) is 2.90. The van der Waals surface area contributed by atoms with E-state index in [0.29, 0.717) is 0 Å². The quantitative estimate of drug-likeness (QED) is 0.370. The van der Waals surface area contributed by atoms with Crippen molar-refractivity contribution in [2.24, 2.45) is 0 Å². The third-order valence-corrected chi connectivity index (χ3v) is 0.640. The minimum Gasteiger partial charge on any atom is -0.380 e. The van der Waals surface area contributed by atoms with Crippen LogP contribution in [-0.4, -0.2) is 30.4 Å². The molecule has 0 aromatic rings. The van der Waals surface area contributed by atoms with Crippen LogP contribution in [-0.2, 0) is 0 Å². The van der Waals surface area contributed by atoms with E-state index in [1.165, 1.54) is 0 Å². The Bertz CT molecular complexity index is 40.7. The van der Waals surface area contributed by atoms with Crippen LogP contribution in [0.3, 0.4) is 0 Å².